The zero-order valence-electron chi connectivity index (χ0n) is 9.19. The van der Waals surface area contributed by atoms with Gasteiger partial charge in [0.25, 0.3) is 0 Å². The molecule has 2 rings (SSSR count). The lowest BCUT2D eigenvalue weighted by Crippen LogP contribution is -2.29. The van der Waals surface area contributed by atoms with Gasteiger partial charge in [0.1, 0.15) is 4.21 Å². The first kappa shape index (κ1) is 11.9. The van der Waals surface area contributed by atoms with E-state index < -0.39 is 10.0 Å². The van der Waals surface area contributed by atoms with Crippen LogP contribution in [0.25, 0.3) is 0 Å². The molecule has 3 N–H and O–H groups in total. The average Bonchev–Trinajstić information content (AvgIpc) is 2.91. The van der Waals surface area contributed by atoms with Gasteiger partial charge in [-0.1, -0.05) is 6.92 Å². The molecular formula is C10H16N2O2S2. The van der Waals surface area contributed by atoms with Gasteiger partial charge in [0, 0.05) is 17.6 Å². The highest BCUT2D eigenvalue weighted by molar-refractivity contribution is 7.91. The predicted octanol–water partition coefficient (Wildman–Crippen LogP) is 1.80. The molecule has 0 radical (unpaired) electrons. The molecule has 1 fully saturated rings. The van der Waals surface area contributed by atoms with Gasteiger partial charge in [-0.3, -0.25) is 0 Å². The van der Waals surface area contributed by atoms with Crippen LogP contribution in [0, 0.1) is 5.41 Å². The van der Waals surface area contributed by atoms with Crippen molar-refractivity contribution in [3.63, 3.8) is 0 Å². The Hall–Kier alpha value is -0.590. The number of rotatable bonds is 5. The van der Waals surface area contributed by atoms with Crippen LogP contribution >= 0.6 is 11.3 Å². The molecule has 1 saturated carbocycles. The lowest BCUT2D eigenvalue weighted by molar-refractivity contribution is 0.476. The maximum Gasteiger partial charge on any atom is 0.250 e. The number of anilines is 1. The molecule has 1 aromatic rings. The van der Waals surface area contributed by atoms with E-state index in [-0.39, 0.29) is 5.41 Å². The monoisotopic (exact) mass is 260 g/mol. The van der Waals surface area contributed by atoms with E-state index >= 15 is 0 Å². The Morgan fingerprint density at radius 3 is 2.69 bits per heavy atom. The van der Waals surface area contributed by atoms with Gasteiger partial charge in [-0.05, 0) is 30.7 Å². The smallest absolute Gasteiger partial charge is 0.250 e. The zero-order chi connectivity index (χ0) is 11.8. The molecule has 16 heavy (non-hydrogen) atoms. The van der Waals surface area contributed by atoms with Crippen LogP contribution in [0.4, 0.5) is 5.69 Å². The van der Waals surface area contributed by atoms with Gasteiger partial charge >= 0.3 is 0 Å². The summed E-state index contributed by atoms with van der Waals surface area (Å²) in [4.78, 5) is 0. The molecule has 1 aromatic heterocycles. The number of nitrogens with one attached hydrogen (secondary N) is 1. The molecule has 1 aliphatic carbocycles. The second kappa shape index (κ2) is 4.01. The molecule has 1 heterocycles. The van der Waals surface area contributed by atoms with Crippen molar-refractivity contribution in [3.8, 4) is 0 Å². The normalized spacial score (nSPS) is 18.6. The average molecular weight is 260 g/mol. The fourth-order valence-electron chi connectivity index (χ4n) is 1.62. The van der Waals surface area contributed by atoms with E-state index in [9.17, 15) is 8.42 Å². The second-order valence-corrected chi connectivity index (χ2v) is 7.28. The predicted molar refractivity (Wildman–Crippen MR) is 65.9 cm³/mol. The van der Waals surface area contributed by atoms with E-state index in [0.29, 0.717) is 16.4 Å². The highest BCUT2D eigenvalue weighted by atomic mass is 32.2. The maximum atomic E-state index is 11.9. The minimum atomic E-state index is -3.35. The van der Waals surface area contributed by atoms with Crippen molar-refractivity contribution < 1.29 is 8.42 Å². The standard InChI is InChI=1S/C10H16N2O2S2/c1-2-10(3-4-10)7-12-16(13,14)9-5-8(11)6-15-9/h5-6,12H,2-4,7,11H2,1H3. The summed E-state index contributed by atoms with van der Waals surface area (Å²) in [5.74, 6) is 0. The first-order valence-electron chi connectivity index (χ1n) is 5.31. The first-order valence-corrected chi connectivity index (χ1v) is 7.67. The van der Waals surface area contributed by atoms with Crippen LogP contribution in [0.5, 0.6) is 0 Å². The minimum Gasteiger partial charge on any atom is -0.398 e. The van der Waals surface area contributed by atoms with Gasteiger partial charge < -0.3 is 5.73 Å². The molecule has 0 saturated heterocycles. The van der Waals surface area contributed by atoms with Gasteiger partial charge in [0.15, 0.2) is 0 Å². The van der Waals surface area contributed by atoms with E-state index in [4.69, 9.17) is 5.73 Å². The summed E-state index contributed by atoms with van der Waals surface area (Å²) in [5.41, 5.74) is 6.23. The third-order valence-corrected chi connectivity index (χ3v) is 6.06. The third kappa shape index (κ3) is 2.39. The van der Waals surface area contributed by atoms with Crippen molar-refractivity contribution in [2.24, 2.45) is 5.41 Å². The van der Waals surface area contributed by atoms with Gasteiger partial charge in [-0.25, -0.2) is 13.1 Å². The summed E-state index contributed by atoms with van der Waals surface area (Å²) < 4.78 is 26.7. The SMILES string of the molecule is CCC1(CNS(=O)(=O)c2cc(N)cs2)CC1. The van der Waals surface area contributed by atoms with Crippen LogP contribution in [0.1, 0.15) is 26.2 Å². The van der Waals surface area contributed by atoms with Crippen LogP contribution < -0.4 is 10.5 Å². The number of sulfonamides is 1. The molecule has 1 aliphatic rings. The largest absolute Gasteiger partial charge is 0.398 e. The molecule has 0 amide bonds. The summed E-state index contributed by atoms with van der Waals surface area (Å²) in [7, 11) is -3.35. The van der Waals surface area contributed by atoms with Crippen LogP contribution in [0.2, 0.25) is 0 Å². The Bertz CT molecular complexity index is 475. The van der Waals surface area contributed by atoms with Crippen molar-refractivity contribution in [1.29, 1.82) is 0 Å². The molecule has 0 unspecified atom stereocenters. The van der Waals surface area contributed by atoms with Crippen molar-refractivity contribution in [2.75, 3.05) is 12.3 Å². The molecule has 90 valence electrons. The first-order chi connectivity index (χ1) is 7.47. The number of thiophene rings is 1. The van der Waals surface area contributed by atoms with Crippen LogP contribution in [-0.4, -0.2) is 15.0 Å². The summed E-state index contributed by atoms with van der Waals surface area (Å²) in [5, 5.41) is 1.64. The van der Waals surface area contributed by atoms with Crippen molar-refractivity contribution in [2.45, 2.75) is 30.4 Å². The van der Waals surface area contributed by atoms with Gasteiger partial charge in [-0.15, -0.1) is 11.3 Å². The number of nitrogen functional groups attached to an aromatic ring is 1. The topological polar surface area (TPSA) is 72.2 Å². The number of hydrogen-bond donors (Lipinski definition) is 2. The van der Waals surface area contributed by atoms with Gasteiger partial charge in [-0.2, -0.15) is 0 Å². The van der Waals surface area contributed by atoms with Gasteiger partial charge in [0.05, 0.1) is 0 Å². The zero-order valence-corrected chi connectivity index (χ0v) is 10.8. The van der Waals surface area contributed by atoms with E-state index in [0.717, 1.165) is 30.6 Å². The quantitative estimate of drug-likeness (QED) is 0.848. The number of hydrogen-bond acceptors (Lipinski definition) is 4. The summed E-state index contributed by atoms with van der Waals surface area (Å²) in [6.07, 6.45) is 3.28. The third-order valence-electron chi connectivity index (χ3n) is 3.20. The molecular weight excluding hydrogens is 244 g/mol. The van der Waals surface area contributed by atoms with E-state index in [1.807, 2.05) is 0 Å². The summed E-state index contributed by atoms with van der Waals surface area (Å²) in [6, 6.07) is 1.50. The fourth-order valence-corrected chi connectivity index (χ4v) is 3.90. The number of nitrogens with two attached hydrogens (primary N) is 1. The molecule has 0 spiro atoms. The molecule has 0 aromatic carbocycles. The van der Waals surface area contributed by atoms with Crippen LogP contribution in [-0.2, 0) is 10.0 Å². The molecule has 6 heteroatoms. The Labute approximate surface area is 99.9 Å². The second-order valence-electron chi connectivity index (χ2n) is 4.38. The fraction of sp³-hybridized carbons (Fsp3) is 0.600. The highest BCUT2D eigenvalue weighted by Gasteiger charge is 2.41. The van der Waals surface area contributed by atoms with E-state index in [1.165, 1.54) is 6.07 Å². The molecule has 0 atom stereocenters. The van der Waals surface area contributed by atoms with Crippen LogP contribution in [0.3, 0.4) is 0 Å². The maximum absolute atomic E-state index is 11.9. The van der Waals surface area contributed by atoms with Crippen molar-refractivity contribution in [3.05, 3.63) is 11.4 Å². The van der Waals surface area contributed by atoms with Crippen molar-refractivity contribution in [1.82, 2.24) is 4.72 Å². The lowest BCUT2D eigenvalue weighted by Gasteiger charge is -2.12. The lowest BCUT2D eigenvalue weighted by atomic mass is 10.1. The van der Waals surface area contributed by atoms with E-state index in [2.05, 4.69) is 11.6 Å². The Balaban J connectivity index is 2.04. The molecule has 4 nitrogen and oxygen atoms in total. The Kier molecular flexibility index (Phi) is 2.98. The van der Waals surface area contributed by atoms with Gasteiger partial charge in [0.2, 0.25) is 10.0 Å². The Morgan fingerprint density at radius 1 is 1.56 bits per heavy atom. The van der Waals surface area contributed by atoms with E-state index in [1.54, 1.807) is 5.38 Å². The highest BCUT2D eigenvalue weighted by Crippen LogP contribution is 2.48. The Morgan fingerprint density at radius 2 is 2.25 bits per heavy atom. The van der Waals surface area contributed by atoms with Crippen molar-refractivity contribution >= 4 is 27.0 Å². The minimum absolute atomic E-state index is 0.218. The summed E-state index contributed by atoms with van der Waals surface area (Å²) >= 11 is 1.16. The summed E-state index contributed by atoms with van der Waals surface area (Å²) in [6.45, 7) is 2.65. The molecule has 0 aliphatic heterocycles. The molecule has 0 bridgehead atoms. The van der Waals surface area contributed by atoms with Crippen LogP contribution in [0.15, 0.2) is 15.7 Å².